The van der Waals surface area contributed by atoms with Gasteiger partial charge in [0.15, 0.2) is 0 Å². The predicted molar refractivity (Wildman–Crippen MR) is 111 cm³/mol. The minimum atomic E-state index is -0.467. The molecule has 3 aromatic rings. The Morgan fingerprint density at radius 3 is 2.66 bits per heavy atom. The van der Waals surface area contributed by atoms with E-state index in [1.54, 1.807) is 6.92 Å². The number of nitrogens with one attached hydrogen (secondary N) is 1. The van der Waals surface area contributed by atoms with E-state index >= 15 is 0 Å². The fourth-order valence-electron chi connectivity index (χ4n) is 3.26. The number of ether oxygens (including phenoxy) is 1. The Hall–Kier alpha value is -2.86. The van der Waals surface area contributed by atoms with Gasteiger partial charge in [0.1, 0.15) is 0 Å². The van der Waals surface area contributed by atoms with Crippen LogP contribution in [0.3, 0.4) is 0 Å². The Bertz CT molecular complexity index is 995. The summed E-state index contributed by atoms with van der Waals surface area (Å²) in [5.74, 6) is -0.989. The number of fused-ring (bicyclic) bond motifs is 1. The largest absolute Gasteiger partial charge is 0.469 e. The third-order valence-corrected chi connectivity index (χ3v) is 5.21. The summed E-state index contributed by atoms with van der Waals surface area (Å²) >= 11 is 5.93. The smallest absolute Gasteiger partial charge is 0.310 e. The van der Waals surface area contributed by atoms with Crippen LogP contribution < -0.4 is 5.32 Å². The average molecular weight is 415 g/mol. The zero-order chi connectivity index (χ0) is 20.8. The number of halogens is 1. The van der Waals surface area contributed by atoms with E-state index in [-0.39, 0.29) is 30.1 Å². The zero-order valence-electron chi connectivity index (χ0n) is 16.4. The maximum atomic E-state index is 12.2. The number of nitrogens with zero attached hydrogens (tertiary/aromatic N) is 1. The van der Waals surface area contributed by atoms with Gasteiger partial charge in [-0.05, 0) is 47.7 Å². The number of aromatic nitrogens is 1. The van der Waals surface area contributed by atoms with E-state index in [1.165, 1.54) is 7.11 Å². The molecule has 7 heteroatoms. The maximum absolute atomic E-state index is 12.2. The highest BCUT2D eigenvalue weighted by atomic mass is 35.5. The Balaban J connectivity index is 1.59. The molecule has 6 nitrogen and oxygen atoms in total. The van der Waals surface area contributed by atoms with Crippen LogP contribution in [0, 0.1) is 12.8 Å². The quantitative estimate of drug-likeness (QED) is 0.566. The molecule has 1 unspecified atom stereocenters. The molecule has 0 bridgehead atoms. The van der Waals surface area contributed by atoms with Crippen LogP contribution in [0.5, 0.6) is 0 Å². The molecule has 0 fully saturated rings. The molecule has 1 N–H and O–H groups in total. The summed E-state index contributed by atoms with van der Waals surface area (Å²) in [4.78, 5) is 24.5. The fraction of sp³-hybridized carbons (Fsp3) is 0.318. The molecule has 0 aliphatic rings. The standard InChI is InChI=1S/C22H23ClN2O4/c1-14-19(21(23)29-25-14)9-10-20(26)24-13-18(22(27)28-2)12-15-7-8-16-5-3-4-6-17(16)11-15/h3-8,11,18H,9-10,12-13H2,1-2H3,(H,24,26). The third kappa shape index (κ3) is 5.35. The van der Waals surface area contributed by atoms with E-state index in [0.29, 0.717) is 18.5 Å². The molecule has 1 heterocycles. The highest BCUT2D eigenvalue weighted by molar-refractivity contribution is 6.29. The summed E-state index contributed by atoms with van der Waals surface area (Å²) in [7, 11) is 1.36. The number of amides is 1. The number of esters is 1. The lowest BCUT2D eigenvalue weighted by Gasteiger charge is -2.16. The normalized spacial score (nSPS) is 12.0. The number of carbonyl (C=O) groups excluding carboxylic acids is 2. The van der Waals surface area contributed by atoms with Crippen molar-refractivity contribution in [3.8, 4) is 0 Å². The summed E-state index contributed by atoms with van der Waals surface area (Å²) in [5, 5.41) is 9.05. The van der Waals surface area contributed by atoms with Crippen molar-refractivity contribution in [2.24, 2.45) is 5.92 Å². The fourth-order valence-corrected chi connectivity index (χ4v) is 3.53. The zero-order valence-corrected chi connectivity index (χ0v) is 17.2. The molecule has 0 saturated heterocycles. The van der Waals surface area contributed by atoms with Crippen molar-refractivity contribution >= 4 is 34.2 Å². The first-order chi connectivity index (χ1) is 14.0. The number of hydrogen-bond acceptors (Lipinski definition) is 5. The van der Waals surface area contributed by atoms with Crippen molar-refractivity contribution in [2.75, 3.05) is 13.7 Å². The van der Waals surface area contributed by atoms with E-state index in [2.05, 4.69) is 16.5 Å². The van der Waals surface area contributed by atoms with Gasteiger partial charge in [0.25, 0.3) is 0 Å². The monoisotopic (exact) mass is 414 g/mol. The second kappa shape index (κ2) is 9.56. The van der Waals surface area contributed by atoms with Crippen molar-refractivity contribution in [1.82, 2.24) is 10.5 Å². The molecule has 1 atom stereocenters. The molecule has 0 spiro atoms. The second-order valence-electron chi connectivity index (χ2n) is 6.93. The van der Waals surface area contributed by atoms with E-state index in [4.69, 9.17) is 20.9 Å². The van der Waals surface area contributed by atoms with Gasteiger partial charge in [0, 0.05) is 18.5 Å². The van der Waals surface area contributed by atoms with Crippen LogP contribution in [0.1, 0.15) is 23.2 Å². The Morgan fingerprint density at radius 2 is 1.97 bits per heavy atom. The van der Waals surface area contributed by atoms with Gasteiger partial charge in [-0.2, -0.15) is 0 Å². The van der Waals surface area contributed by atoms with Crippen molar-refractivity contribution in [1.29, 1.82) is 0 Å². The number of methoxy groups -OCH3 is 1. The summed E-state index contributed by atoms with van der Waals surface area (Å²) in [5.41, 5.74) is 2.41. The molecule has 152 valence electrons. The van der Waals surface area contributed by atoms with Crippen LogP contribution >= 0.6 is 11.6 Å². The average Bonchev–Trinajstić information content (AvgIpc) is 3.06. The molecule has 29 heavy (non-hydrogen) atoms. The molecular formula is C22H23ClN2O4. The van der Waals surface area contributed by atoms with Crippen LogP contribution in [0.25, 0.3) is 10.8 Å². The van der Waals surface area contributed by atoms with Crippen LogP contribution in [-0.4, -0.2) is 30.7 Å². The molecule has 0 radical (unpaired) electrons. The molecule has 0 saturated carbocycles. The van der Waals surface area contributed by atoms with E-state index in [0.717, 1.165) is 21.9 Å². The molecule has 0 aliphatic heterocycles. The van der Waals surface area contributed by atoms with Gasteiger partial charge in [0.05, 0.1) is 18.7 Å². The predicted octanol–water partition coefficient (Wildman–Crippen LogP) is 3.87. The highest BCUT2D eigenvalue weighted by Gasteiger charge is 2.21. The topological polar surface area (TPSA) is 81.4 Å². The van der Waals surface area contributed by atoms with Crippen LogP contribution in [0.2, 0.25) is 5.22 Å². The summed E-state index contributed by atoms with van der Waals surface area (Å²) in [6, 6.07) is 14.1. The minimum absolute atomic E-state index is 0.172. The molecule has 3 rings (SSSR count). The maximum Gasteiger partial charge on any atom is 0.310 e. The van der Waals surface area contributed by atoms with Crippen molar-refractivity contribution in [3.63, 3.8) is 0 Å². The SMILES string of the molecule is COC(=O)C(CNC(=O)CCc1c(C)noc1Cl)Cc1ccc2ccccc2c1. The third-order valence-electron chi connectivity index (χ3n) is 4.91. The van der Waals surface area contributed by atoms with Gasteiger partial charge in [0.2, 0.25) is 11.1 Å². The number of aryl methyl sites for hydroxylation is 1. The lowest BCUT2D eigenvalue weighted by Crippen LogP contribution is -2.34. The lowest BCUT2D eigenvalue weighted by atomic mass is 9.97. The van der Waals surface area contributed by atoms with Crippen molar-refractivity contribution in [2.45, 2.75) is 26.2 Å². The molecular weight excluding hydrogens is 392 g/mol. The Labute approximate surface area is 174 Å². The summed E-state index contributed by atoms with van der Waals surface area (Å²) in [6.07, 6.45) is 1.13. The van der Waals surface area contributed by atoms with E-state index in [9.17, 15) is 9.59 Å². The minimum Gasteiger partial charge on any atom is -0.469 e. The van der Waals surface area contributed by atoms with Gasteiger partial charge in [-0.25, -0.2) is 0 Å². The first-order valence-electron chi connectivity index (χ1n) is 9.40. The first kappa shape index (κ1) is 20.9. The number of benzene rings is 2. The molecule has 0 aliphatic carbocycles. The number of carbonyl (C=O) groups is 2. The second-order valence-corrected chi connectivity index (χ2v) is 7.27. The Kier molecular flexibility index (Phi) is 6.88. The van der Waals surface area contributed by atoms with Crippen molar-refractivity contribution < 1.29 is 18.8 Å². The van der Waals surface area contributed by atoms with Gasteiger partial charge in [-0.1, -0.05) is 47.6 Å². The summed E-state index contributed by atoms with van der Waals surface area (Å²) in [6.45, 7) is 1.98. The Morgan fingerprint density at radius 1 is 1.21 bits per heavy atom. The van der Waals surface area contributed by atoms with Gasteiger partial charge < -0.3 is 14.6 Å². The van der Waals surface area contributed by atoms with Crippen molar-refractivity contribution in [3.05, 3.63) is 64.5 Å². The van der Waals surface area contributed by atoms with Gasteiger partial charge >= 0.3 is 5.97 Å². The van der Waals surface area contributed by atoms with E-state index < -0.39 is 5.92 Å². The van der Waals surface area contributed by atoms with Crippen LogP contribution in [0.15, 0.2) is 47.0 Å². The van der Waals surface area contributed by atoms with Crippen LogP contribution in [0.4, 0.5) is 0 Å². The lowest BCUT2D eigenvalue weighted by molar-refractivity contribution is -0.145. The van der Waals surface area contributed by atoms with Gasteiger partial charge in [-0.3, -0.25) is 9.59 Å². The number of rotatable bonds is 8. The van der Waals surface area contributed by atoms with E-state index in [1.807, 2.05) is 36.4 Å². The number of hydrogen-bond donors (Lipinski definition) is 1. The highest BCUT2D eigenvalue weighted by Crippen LogP contribution is 2.21. The first-order valence-corrected chi connectivity index (χ1v) is 9.78. The molecule has 2 aromatic carbocycles. The van der Waals surface area contributed by atoms with Crippen LogP contribution in [-0.2, 0) is 27.2 Å². The van der Waals surface area contributed by atoms with Gasteiger partial charge in [-0.15, -0.1) is 0 Å². The molecule has 1 amide bonds. The summed E-state index contributed by atoms with van der Waals surface area (Å²) < 4.78 is 9.82. The molecule has 1 aromatic heterocycles.